The van der Waals surface area contributed by atoms with Crippen molar-refractivity contribution in [2.75, 3.05) is 13.2 Å². The molecule has 1 atom stereocenters. The fraction of sp³-hybridized carbons (Fsp3) is 0.533. The number of halogens is 1. The molecule has 0 heterocycles. The van der Waals surface area contributed by atoms with E-state index in [2.05, 4.69) is 21.2 Å². The molecule has 1 amide bonds. The quantitative estimate of drug-likeness (QED) is 0.762. The van der Waals surface area contributed by atoms with E-state index in [-0.39, 0.29) is 18.6 Å². The first-order chi connectivity index (χ1) is 9.52. The van der Waals surface area contributed by atoms with Gasteiger partial charge in [0.1, 0.15) is 5.75 Å². The highest BCUT2D eigenvalue weighted by atomic mass is 79.9. The van der Waals surface area contributed by atoms with Crippen LogP contribution in [-0.4, -0.2) is 30.3 Å². The van der Waals surface area contributed by atoms with Crippen molar-refractivity contribution >= 4 is 21.8 Å². The Kier molecular flexibility index (Phi) is 7.62. The van der Waals surface area contributed by atoms with Gasteiger partial charge in [0.2, 0.25) is 5.91 Å². The molecule has 112 valence electrons. The second kappa shape index (κ2) is 8.97. The van der Waals surface area contributed by atoms with Crippen LogP contribution in [0.4, 0.5) is 0 Å². The molecule has 0 aliphatic carbocycles. The topological polar surface area (TPSA) is 58.6 Å². The summed E-state index contributed by atoms with van der Waals surface area (Å²) in [5.74, 6) is 1.00. The lowest BCUT2D eigenvalue weighted by Crippen LogP contribution is -2.39. The summed E-state index contributed by atoms with van der Waals surface area (Å²) in [5, 5.41) is 11.9. The predicted molar refractivity (Wildman–Crippen MR) is 82.7 cm³/mol. The van der Waals surface area contributed by atoms with Gasteiger partial charge in [-0.2, -0.15) is 0 Å². The van der Waals surface area contributed by atoms with E-state index in [1.54, 1.807) is 0 Å². The molecule has 0 radical (unpaired) electrons. The van der Waals surface area contributed by atoms with Crippen molar-refractivity contribution in [2.45, 2.75) is 32.7 Å². The molecule has 0 saturated carbocycles. The second-order valence-electron chi connectivity index (χ2n) is 4.98. The average molecular weight is 344 g/mol. The summed E-state index contributed by atoms with van der Waals surface area (Å²) in [7, 11) is 0. The molecule has 0 bridgehead atoms. The Morgan fingerprint density at radius 1 is 1.35 bits per heavy atom. The Bertz CT molecular complexity index is 406. The maximum atomic E-state index is 11.8. The Morgan fingerprint density at radius 3 is 2.55 bits per heavy atom. The third-order valence-electron chi connectivity index (χ3n) is 3.00. The summed E-state index contributed by atoms with van der Waals surface area (Å²) in [6.07, 6.45) is 0.891. The molecular weight excluding hydrogens is 322 g/mol. The van der Waals surface area contributed by atoms with Crippen LogP contribution in [0, 0.1) is 5.92 Å². The Labute approximate surface area is 128 Å². The zero-order valence-electron chi connectivity index (χ0n) is 11.9. The van der Waals surface area contributed by atoms with Gasteiger partial charge in [-0.3, -0.25) is 4.79 Å². The van der Waals surface area contributed by atoms with Crippen LogP contribution in [0.15, 0.2) is 28.7 Å². The van der Waals surface area contributed by atoms with E-state index in [4.69, 9.17) is 9.84 Å². The van der Waals surface area contributed by atoms with Gasteiger partial charge in [0.25, 0.3) is 0 Å². The zero-order chi connectivity index (χ0) is 15.0. The molecule has 0 aromatic heterocycles. The maximum Gasteiger partial charge on any atom is 0.223 e. The van der Waals surface area contributed by atoms with Crippen molar-refractivity contribution < 1.29 is 14.6 Å². The molecule has 5 heteroatoms. The fourth-order valence-electron chi connectivity index (χ4n) is 1.78. The first-order valence-corrected chi connectivity index (χ1v) is 7.61. The van der Waals surface area contributed by atoms with Crippen molar-refractivity contribution in [3.63, 3.8) is 0 Å². The number of benzene rings is 1. The summed E-state index contributed by atoms with van der Waals surface area (Å²) in [6.45, 7) is 4.48. The lowest BCUT2D eigenvalue weighted by Gasteiger charge is -2.21. The van der Waals surface area contributed by atoms with Crippen LogP contribution in [0.25, 0.3) is 0 Å². The van der Waals surface area contributed by atoms with E-state index < -0.39 is 0 Å². The minimum atomic E-state index is -0.0470. The van der Waals surface area contributed by atoms with Crippen molar-refractivity contribution in [1.29, 1.82) is 0 Å². The van der Waals surface area contributed by atoms with Gasteiger partial charge in [0, 0.05) is 17.1 Å². The monoisotopic (exact) mass is 343 g/mol. The van der Waals surface area contributed by atoms with Gasteiger partial charge in [-0.15, -0.1) is 0 Å². The summed E-state index contributed by atoms with van der Waals surface area (Å²) < 4.78 is 6.49. The zero-order valence-corrected chi connectivity index (χ0v) is 13.5. The van der Waals surface area contributed by atoms with E-state index in [0.717, 1.165) is 10.2 Å². The Hall–Kier alpha value is -1.07. The number of nitrogens with one attached hydrogen (secondary N) is 1. The van der Waals surface area contributed by atoms with Gasteiger partial charge < -0.3 is 15.2 Å². The van der Waals surface area contributed by atoms with Crippen molar-refractivity contribution in [2.24, 2.45) is 5.92 Å². The number of amides is 1. The summed E-state index contributed by atoms with van der Waals surface area (Å²) in [4.78, 5) is 11.8. The Morgan fingerprint density at radius 2 is 2.00 bits per heavy atom. The molecular formula is C15H22BrNO3. The minimum absolute atomic E-state index is 0.0141. The summed E-state index contributed by atoms with van der Waals surface area (Å²) >= 11 is 3.35. The maximum absolute atomic E-state index is 11.8. The van der Waals surface area contributed by atoms with Gasteiger partial charge in [-0.1, -0.05) is 29.8 Å². The van der Waals surface area contributed by atoms with Crippen LogP contribution in [-0.2, 0) is 4.79 Å². The minimum Gasteiger partial charge on any atom is -0.493 e. The predicted octanol–water partition coefficient (Wildman–Crippen LogP) is 2.74. The number of ether oxygens (including phenoxy) is 1. The highest BCUT2D eigenvalue weighted by Gasteiger charge is 2.15. The highest BCUT2D eigenvalue weighted by molar-refractivity contribution is 9.10. The van der Waals surface area contributed by atoms with Crippen LogP contribution in [0.2, 0.25) is 0 Å². The van der Waals surface area contributed by atoms with Crippen LogP contribution in [0.5, 0.6) is 5.75 Å². The van der Waals surface area contributed by atoms with E-state index in [0.29, 0.717) is 25.4 Å². The molecule has 2 N–H and O–H groups in total. The first kappa shape index (κ1) is 17.0. The van der Waals surface area contributed by atoms with Gasteiger partial charge >= 0.3 is 0 Å². The Balaban J connectivity index is 2.30. The smallest absolute Gasteiger partial charge is 0.223 e. The van der Waals surface area contributed by atoms with Gasteiger partial charge in [-0.25, -0.2) is 0 Å². The molecule has 0 saturated heterocycles. The summed E-state index contributed by atoms with van der Waals surface area (Å²) in [6, 6.07) is 7.51. The van der Waals surface area contributed by atoms with Crippen LogP contribution < -0.4 is 10.1 Å². The fourth-order valence-corrected chi connectivity index (χ4v) is 2.05. The van der Waals surface area contributed by atoms with Gasteiger partial charge in [0.15, 0.2) is 0 Å². The molecule has 4 nitrogen and oxygen atoms in total. The number of aliphatic hydroxyl groups excluding tert-OH is 1. The molecule has 0 aliphatic heterocycles. The standard InChI is InChI=1S/C15H22BrNO3/c1-11(2)14(7-9-18)17-15(19)8-10-20-13-5-3-12(16)4-6-13/h3-6,11,14,18H,7-10H2,1-2H3,(H,17,19). The number of hydrogen-bond donors (Lipinski definition) is 2. The third-order valence-corrected chi connectivity index (χ3v) is 3.53. The SMILES string of the molecule is CC(C)C(CCO)NC(=O)CCOc1ccc(Br)cc1. The molecule has 20 heavy (non-hydrogen) atoms. The number of carbonyl (C=O) groups is 1. The molecule has 1 aromatic rings. The molecule has 1 rings (SSSR count). The van der Waals surface area contributed by atoms with E-state index in [1.807, 2.05) is 38.1 Å². The number of rotatable bonds is 8. The third kappa shape index (κ3) is 6.39. The van der Waals surface area contributed by atoms with E-state index in [1.165, 1.54) is 0 Å². The molecule has 1 unspecified atom stereocenters. The number of aliphatic hydroxyl groups is 1. The molecule has 1 aromatic carbocycles. The normalized spacial score (nSPS) is 12.2. The summed E-state index contributed by atoms with van der Waals surface area (Å²) in [5.41, 5.74) is 0. The van der Waals surface area contributed by atoms with E-state index in [9.17, 15) is 4.79 Å². The van der Waals surface area contributed by atoms with Gasteiger partial charge in [-0.05, 0) is 36.6 Å². The lowest BCUT2D eigenvalue weighted by molar-refractivity contribution is -0.122. The van der Waals surface area contributed by atoms with Crippen LogP contribution in [0.3, 0.4) is 0 Å². The molecule has 0 fully saturated rings. The second-order valence-corrected chi connectivity index (χ2v) is 5.90. The van der Waals surface area contributed by atoms with Crippen molar-refractivity contribution in [1.82, 2.24) is 5.32 Å². The largest absolute Gasteiger partial charge is 0.493 e. The van der Waals surface area contributed by atoms with Crippen LogP contribution in [0.1, 0.15) is 26.7 Å². The van der Waals surface area contributed by atoms with Crippen molar-refractivity contribution in [3.05, 3.63) is 28.7 Å². The van der Waals surface area contributed by atoms with Crippen LogP contribution >= 0.6 is 15.9 Å². The molecule has 0 spiro atoms. The lowest BCUT2D eigenvalue weighted by atomic mass is 10.0. The number of carbonyl (C=O) groups excluding carboxylic acids is 1. The molecule has 0 aliphatic rings. The average Bonchev–Trinajstić information content (AvgIpc) is 2.40. The van der Waals surface area contributed by atoms with E-state index >= 15 is 0 Å². The highest BCUT2D eigenvalue weighted by Crippen LogP contribution is 2.16. The first-order valence-electron chi connectivity index (χ1n) is 6.81. The van der Waals surface area contributed by atoms with Gasteiger partial charge in [0.05, 0.1) is 13.0 Å². The number of hydrogen-bond acceptors (Lipinski definition) is 3. The van der Waals surface area contributed by atoms with Crippen molar-refractivity contribution in [3.8, 4) is 5.75 Å².